The number of benzene rings is 1. The van der Waals surface area contributed by atoms with Gasteiger partial charge in [-0.1, -0.05) is 13.5 Å². The van der Waals surface area contributed by atoms with Gasteiger partial charge in [-0.05, 0) is 49.9 Å². The van der Waals surface area contributed by atoms with Gasteiger partial charge in [0.2, 0.25) is 17.7 Å². The highest BCUT2D eigenvalue weighted by atomic mass is 16.5. The Labute approximate surface area is 216 Å². The van der Waals surface area contributed by atoms with E-state index in [1.807, 2.05) is 25.1 Å². The number of nitrogens with one attached hydrogen (secondary N) is 2. The number of hydrogen-bond acceptors (Lipinski definition) is 9. The fourth-order valence-corrected chi connectivity index (χ4v) is 4.12. The highest BCUT2D eigenvalue weighted by Crippen LogP contribution is 2.33. The van der Waals surface area contributed by atoms with E-state index in [2.05, 4.69) is 55.0 Å². The zero-order valence-corrected chi connectivity index (χ0v) is 21.1. The monoisotopic (exact) mass is 498 g/mol. The van der Waals surface area contributed by atoms with Crippen molar-refractivity contribution >= 4 is 28.9 Å². The summed E-state index contributed by atoms with van der Waals surface area (Å²) in [5.41, 5.74) is 3.48. The number of anilines is 4. The van der Waals surface area contributed by atoms with Crippen LogP contribution in [0, 0.1) is 11.3 Å². The van der Waals surface area contributed by atoms with Gasteiger partial charge in [0, 0.05) is 38.1 Å². The maximum absolute atomic E-state index is 12.2. The van der Waals surface area contributed by atoms with Crippen molar-refractivity contribution in [2.24, 2.45) is 0 Å². The number of hydrogen-bond donors (Lipinski definition) is 2. The van der Waals surface area contributed by atoms with Crippen molar-refractivity contribution in [2.75, 3.05) is 54.9 Å². The Hall–Kier alpha value is -4.49. The lowest BCUT2D eigenvalue weighted by atomic mass is 10.1. The van der Waals surface area contributed by atoms with E-state index in [9.17, 15) is 10.1 Å². The van der Waals surface area contributed by atoms with Crippen molar-refractivity contribution in [2.45, 2.75) is 13.8 Å². The summed E-state index contributed by atoms with van der Waals surface area (Å²) in [7, 11) is 0. The Morgan fingerprint density at radius 3 is 2.70 bits per heavy atom. The minimum atomic E-state index is -0.325. The number of nitrogens with zero attached hydrogens (tertiary/aromatic N) is 6. The zero-order chi connectivity index (χ0) is 26.2. The smallest absolute Gasteiger partial charge is 0.247 e. The van der Waals surface area contributed by atoms with Crippen LogP contribution in [0.1, 0.15) is 19.4 Å². The molecule has 0 aliphatic carbocycles. The second kappa shape index (κ2) is 12.0. The van der Waals surface area contributed by atoms with Gasteiger partial charge in [-0.2, -0.15) is 5.26 Å². The molecule has 2 N–H and O–H groups in total. The molecule has 1 amide bonds. The fraction of sp³-hybridized carbons (Fsp3) is 0.296. The third kappa shape index (κ3) is 6.02. The third-order valence-electron chi connectivity index (χ3n) is 6.09. The Kier molecular flexibility index (Phi) is 8.28. The number of piperazine rings is 1. The normalized spacial score (nSPS) is 13.5. The van der Waals surface area contributed by atoms with E-state index in [1.54, 1.807) is 18.3 Å². The van der Waals surface area contributed by atoms with Gasteiger partial charge in [0.25, 0.3) is 0 Å². The number of aromatic nitrogens is 3. The summed E-state index contributed by atoms with van der Waals surface area (Å²) in [6, 6.07) is 11.5. The largest absolute Gasteiger partial charge is 0.477 e. The topological polar surface area (TPSA) is 119 Å². The van der Waals surface area contributed by atoms with E-state index < -0.39 is 0 Å². The molecule has 4 rings (SSSR count). The minimum absolute atomic E-state index is 0.263. The van der Waals surface area contributed by atoms with Crippen molar-refractivity contribution in [1.82, 2.24) is 19.9 Å². The summed E-state index contributed by atoms with van der Waals surface area (Å²) in [5, 5.41) is 15.7. The van der Waals surface area contributed by atoms with Crippen molar-refractivity contribution in [3.63, 3.8) is 0 Å². The molecule has 1 aliphatic heterocycles. The predicted octanol–water partition coefficient (Wildman–Crippen LogP) is 3.82. The van der Waals surface area contributed by atoms with Crippen molar-refractivity contribution < 1.29 is 9.53 Å². The summed E-state index contributed by atoms with van der Waals surface area (Å²) in [5.74, 6) is 0.325. The molecule has 0 atom stereocenters. The van der Waals surface area contributed by atoms with Crippen LogP contribution in [-0.2, 0) is 4.79 Å². The molecular formula is C27H30N8O2. The van der Waals surface area contributed by atoms with Gasteiger partial charge < -0.3 is 25.2 Å². The van der Waals surface area contributed by atoms with Gasteiger partial charge in [-0.15, -0.1) is 0 Å². The molecule has 1 saturated heterocycles. The van der Waals surface area contributed by atoms with Gasteiger partial charge in [-0.3, -0.25) is 4.79 Å². The number of likely N-dealkylation sites (N-methyl/N-ethyl adjacent to an activating group) is 1. The average Bonchev–Trinajstić information content (AvgIpc) is 2.94. The van der Waals surface area contributed by atoms with Crippen molar-refractivity contribution in [3.8, 4) is 23.2 Å². The molecule has 10 nitrogen and oxygen atoms in total. The van der Waals surface area contributed by atoms with Crippen molar-refractivity contribution in [1.29, 1.82) is 5.26 Å². The molecule has 1 aromatic carbocycles. The molecule has 1 fully saturated rings. The van der Waals surface area contributed by atoms with E-state index in [0.29, 0.717) is 40.7 Å². The number of carbonyl (C=O) groups is 1. The number of carbonyl (C=O) groups excluding carboxylic acids is 1. The summed E-state index contributed by atoms with van der Waals surface area (Å²) >= 11 is 0. The molecule has 0 radical (unpaired) electrons. The molecule has 190 valence electrons. The third-order valence-corrected chi connectivity index (χ3v) is 6.09. The molecule has 0 unspecified atom stereocenters. The molecule has 0 spiro atoms. The van der Waals surface area contributed by atoms with Gasteiger partial charge in [0.05, 0.1) is 41.0 Å². The second-order valence-electron chi connectivity index (χ2n) is 8.33. The lowest BCUT2D eigenvalue weighted by molar-refractivity contribution is -0.111. The lowest BCUT2D eigenvalue weighted by Crippen LogP contribution is -2.46. The first-order chi connectivity index (χ1) is 18.1. The molecule has 0 bridgehead atoms. The van der Waals surface area contributed by atoms with E-state index >= 15 is 0 Å². The van der Waals surface area contributed by atoms with Crippen LogP contribution in [-0.4, -0.2) is 65.1 Å². The average molecular weight is 499 g/mol. The molecular weight excluding hydrogens is 468 g/mol. The molecule has 10 heteroatoms. The molecule has 0 saturated carbocycles. The molecule has 3 heterocycles. The first kappa shape index (κ1) is 25.6. The van der Waals surface area contributed by atoms with E-state index in [0.717, 1.165) is 38.4 Å². The summed E-state index contributed by atoms with van der Waals surface area (Å²) in [6.45, 7) is 12.9. The first-order valence-electron chi connectivity index (χ1n) is 12.2. The number of nitriles is 1. The van der Waals surface area contributed by atoms with E-state index in [-0.39, 0.29) is 11.9 Å². The molecule has 2 aromatic heterocycles. The number of rotatable bonds is 9. The van der Waals surface area contributed by atoms with Gasteiger partial charge in [-0.25, -0.2) is 15.0 Å². The van der Waals surface area contributed by atoms with E-state index in [1.165, 1.54) is 12.3 Å². The number of pyridine rings is 1. The SMILES string of the molecule is C=CC(=O)Nc1cc(N2CCN(CC)CC2)ccc1Nc1ncc(C#N)c(-c2cccnc2OCC)n1. The van der Waals surface area contributed by atoms with Crippen LogP contribution in [0.3, 0.4) is 0 Å². The van der Waals surface area contributed by atoms with Crippen LogP contribution in [0.25, 0.3) is 11.3 Å². The zero-order valence-electron chi connectivity index (χ0n) is 21.1. The Bertz CT molecular complexity index is 1310. The Morgan fingerprint density at radius 2 is 2.00 bits per heavy atom. The first-order valence-corrected chi connectivity index (χ1v) is 12.2. The van der Waals surface area contributed by atoms with Crippen LogP contribution < -0.4 is 20.3 Å². The van der Waals surface area contributed by atoms with Crippen LogP contribution >= 0.6 is 0 Å². The van der Waals surface area contributed by atoms with Crippen LogP contribution in [0.4, 0.5) is 23.0 Å². The number of amides is 1. The Balaban J connectivity index is 1.67. The molecule has 1 aliphatic rings. The summed E-state index contributed by atoms with van der Waals surface area (Å²) < 4.78 is 5.64. The highest BCUT2D eigenvalue weighted by molar-refractivity contribution is 6.02. The molecule has 37 heavy (non-hydrogen) atoms. The quantitative estimate of drug-likeness (QED) is 0.424. The van der Waals surface area contributed by atoms with Crippen LogP contribution in [0.5, 0.6) is 5.88 Å². The van der Waals surface area contributed by atoms with Gasteiger partial charge in [0.1, 0.15) is 6.07 Å². The highest BCUT2D eigenvalue weighted by Gasteiger charge is 2.19. The maximum atomic E-state index is 12.2. The van der Waals surface area contributed by atoms with Gasteiger partial charge in [0.15, 0.2) is 0 Å². The summed E-state index contributed by atoms with van der Waals surface area (Å²) in [4.78, 5) is 30.1. The second-order valence-corrected chi connectivity index (χ2v) is 8.33. The summed E-state index contributed by atoms with van der Waals surface area (Å²) in [6.07, 6.45) is 4.31. The van der Waals surface area contributed by atoms with Crippen LogP contribution in [0.2, 0.25) is 0 Å². The van der Waals surface area contributed by atoms with Gasteiger partial charge >= 0.3 is 0 Å². The molecule has 3 aromatic rings. The van der Waals surface area contributed by atoms with Crippen LogP contribution in [0.15, 0.2) is 55.4 Å². The Morgan fingerprint density at radius 1 is 1.19 bits per heavy atom. The lowest BCUT2D eigenvalue weighted by Gasteiger charge is -2.35. The van der Waals surface area contributed by atoms with E-state index in [4.69, 9.17) is 4.74 Å². The maximum Gasteiger partial charge on any atom is 0.247 e. The standard InChI is InChI=1S/C27H30N8O2/c1-4-24(36)31-23-16-20(35-14-12-34(5-2)13-15-35)9-10-22(23)32-27-30-18-19(17-28)25(33-27)21-8-7-11-29-26(21)37-6-3/h4,7-11,16,18H,1,5-6,12-15H2,2-3H3,(H,31,36)(H,30,32,33). The minimum Gasteiger partial charge on any atom is -0.477 e. The number of ether oxygens (including phenoxy) is 1. The van der Waals surface area contributed by atoms with Crippen molar-refractivity contribution in [3.05, 3.63) is 60.9 Å². The predicted molar refractivity (Wildman–Crippen MR) is 144 cm³/mol. The fourth-order valence-electron chi connectivity index (χ4n) is 4.12.